The van der Waals surface area contributed by atoms with E-state index in [-0.39, 0.29) is 6.04 Å². The van der Waals surface area contributed by atoms with Crippen LogP contribution in [0, 0.1) is 0 Å². The number of piperazine rings is 1. The molecule has 35 heavy (non-hydrogen) atoms. The zero-order valence-corrected chi connectivity index (χ0v) is 19.8. The maximum Gasteiger partial charge on any atom is 0.411 e. The number of anilines is 1. The van der Waals surface area contributed by atoms with Crippen LogP contribution >= 0.6 is 0 Å². The largest absolute Gasteiger partial charge is 0.465 e. The summed E-state index contributed by atoms with van der Waals surface area (Å²) in [6, 6.07) is 29.6. The molecule has 5 rings (SSSR count). The number of imidazole rings is 1. The summed E-state index contributed by atoms with van der Waals surface area (Å²) in [5.74, 6) is 0.386. The average Bonchev–Trinajstić information content (AvgIpc) is 3.23. The zero-order valence-electron chi connectivity index (χ0n) is 19.8. The first-order valence-corrected chi connectivity index (χ1v) is 12.2. The Kier molecular flexibility index (Phi) is 7.07. The first kappa shape index (κ1) is 23.1. The fourth-order valence-electron chi connectivity index (χ4n) is 5.08. The molecule has 0 bridgehead atoms. The van der Waals surface area contributed by atoms with Gasteiger partial charge >= 0.3 is 6.09 Å². The number of aromatic nitrogens is 2. The third kappa shape index (κ3) is 5.37. The molecule has 2 N–H and O–H groups in total. The average molecular weight is 470 g/mol. The van der Waals surface area contributed by atoms with Gasteiger partial charge in [0.15, 0.2) is 0 Å². The van der Waals surface area contributed by atoms with E-state index in [1.54, 1.807) is 0 Å². The Labute approximate surface area is 205 Å². The zero-order chi connectivity index (χ0) is 24.0. The minimum Gasteiger partial charge on any atom is -0.465 e. The first-order chi connectivity index (χ1) is 17.2. The second-order valence-corrected chi connectivity index (χ2v) is 8.96. The maximum absolute atomic E-state index is 11.2. The molecule has 0 atom stereocenters. The lowest BCUT2D eigenvalue weighted by molar-refractivity contribution is 0.108. The normalized spacial score (nSPS) is 15.0. The molecule has 1 aliphatic rings. The fraction of sp³-hybridized carbons (Fsp3) is 0.286. The van der Waals surface area contributed by atoms with Gasteiger partial charge in [0.05, 0.1) is 17.1 Å². The molecule has 7 nitrogen and oxygen atoms in total. The number of hydrogen-bond acceptors (Lipinski definition) is 4. The van der Waals surface area contributed by atoms with Crippen LogP contribution in [-0.4, -0.2) is 63.3 Å². The van der Waals surface area contributed by atoms with Crippen molar-refractivity contribution in [3.63, 3.8) is 0 Å². The molecule has 1 amide bonds. The predicted octanol–water partition coefficient (Wildman–Crippen LogP) is 4.92. The van der Waals surface area contributed by atoms with Crippen LogP contribution in [0.15, 0.2) is 84.9 Å². The molecule has 0 spiro atoms. The van der Waals surface area contributed by atoms with Gasteiger partial charge in [-0.05, 0) is 36.2 Å². The molecule has 180 valence electrons. The number of hydrogen-bond donors (Lipinski definition) is 2. The molecule has 1 aromatic heterocycles. The van der Waals surface area contributed by atoms with Crippen LogP contribution in [0.25, 0.3) is 11.0 Å². The second kappa shape index (κ2) is 10.7. The van der Waals surface area contributed by atoms with Gasteiger partial charge in [0, 0.05) is 32.7 Å². The summed E-state index contributed by atoms with van der Waals surface area (Å²) in [7, 11) is 0. The van der Waals surface area contributed by atoms with E-state index < -0.39 is 6.09 Å². The summed E-state index contributed by atoms with van der Waals surface area (Å²) in [6.45, 7) is 5.73. The highest BCUT2D eigenvalue weighted by molar-refractivity contribution is 5.85. The van der Waals surface area contributed by atoms with E-state index in [0.717, 1.165) is 50.2 Å². The van der Waals surface area contributed by atoms with Gasteiger partial charge in [0.25, 0.3) is 0 Å². The van der Waals surface area contributed by atoms with Crippen molar-refractivity contribution in [1.82, 2.24) is 19.4 Å². The van der Waals surface area contributed by atoms with Crippen molar-refractivity contribution in [3.8, 4) is 0 Å². The molecule has 0 radical (unpaired) electrons. The van der Waals surface area contributed by atoms with Crippen LogP contribution in [-0.2, 0) is 6.54 Å². The quantitative estimate of drug-likeness (QED) is 0.383. The smallest absolute Gasteiger partial charge is 0.411 e. The maximum atomic E-state index is 11.2. The van der Waals surface area contributed by atoms with Gasteiger partial charge in [-0.15, -0.1) is 0 Å². The van der Waals surface area contributed by atoms with E-state index in [1.807, 2.05) is 28.8 Å². The van der Waals surface area contributed by atoms with E-state index in [4.69, 9.17) is 0 Å². The lowest BCUT2D eigenvalue weighted by Crippen LogP contribution is -2.48. The van der Waals surface area contributed by atoms with Crippen LogP contribution in [0.2, 0.25) is 0 Å². The van der Waals surface area contributed by atoms with Gasteiger partial charge in [-0.2, -0.15) is 0 Å². The summed E-state index contributed by atoms with van der Waals surface area (Å²) >= 11 is 0. The fourth-order valence-corrected chi connectivity index (χ4v) is 5.08. The summed E-state index contributed by atoms with van der Waals surface area (Å²) < 4.78 is 1.97. The van der Waals surface area contributed by atoms with Gasteiger partial charge in [-0.1, -0.05) is 72.8 Å². The van der Waals surface area contributed by atoms with Crippen molar-refractivity contribution in [2.45, 2.75) is 19.0 Å². The molecule has 0 unspecified atom stereocenters. The molecule has 0 aliphatic carbocycles. The Morgan fingerprint density at radius 2 is 1.43 bits per heavy atom. The number of nitrogens with zero attached hydrogens (tertiary/aromatic N) is 4. The monoisotopic (exact) mass is 469 g/mol. The Balaban J connectivity index is 1.21. The number of carbonyl (C=O) groups is 1. The molecular weight excluding hydrogens is 438 g/mol. The number of fused-ring (bicyclic) bond motifs is 1. The van der Waals surface area contributed by atoms with Gasteiger partial charge < -0.3 is 14.6 Å². The van der Waals surface area contributed by atoms with Crippen molar-refractivity contribution in [2.75, 3.05) is 38.0 Å². The molecule has 4 aromatic rings. The van der Waals surface area contributed by atoms with Crippen LogP contribution in [0.4, 0.5) is 10.7 Å². The molecule has 1 aliphatic heterocycles. The Bertz CT molecular complexity index is 1210. The minimum absolute atomic E-state index is 0.265. The van der Waals surface area contributed by atoms with Crippen LogP contribution in [0.5, 0.6) is 0 Å². The highest BCUT2D eigenvalue weighted by atomic mass is 16.4. The Hall–Kier alpha value is -3.68. The third-order valence-electron chi connectivity index (χ3n) is 6.73. The number of benzene rings is 3. The van der Waals surface area contributed by atoms with E-state index in [0.29, 0.717) is 12.5 Å². The first-order valence-electron chi connectivity index (χ1n) is 12.2. The molecule has 2 heterocycles. The highest BCUT2D eigenvalue weighted by Gasteiger charge is 2.26. The lowest BCUT2D eigenvalue weighted by atomic mass is 9.96. The molecule has 0 saturated carbocycles. The number of nitrogens with one attached hydrogen (secondary N) is 1. The number of amides is 1. The lowest BCUT2D eigenvalue weighted by Gasteiger charge is -2.40. The highest BCUT2D eigenvalue weighted by Crippen LogP contribution is 2.29. The van der Waals surface area contributed by atoms with Crippen molar-refractivity contribution in [2.24, 2.45) is 0 Å². The summed E-state index contributed by atoms with van der Waals surface area (Å²) in [5, 5.41) is 11.7. The summed E-state index contributed by atoms with van der Waals surface area (Å²) in [4.78, 5) is 20.8. The molecule has 7 heteroatoms. The van der Waals surface area contributed by atoms with E-state index in [1.165, 1.54) is 11.1 Å². The SMILES string of the molecule is O=C(O)Nc1nc2ccccc2n1CCCN1CCN(C(c2ccccc2)c2ccccc2)CC1. The van der Waals surface area contributed by atoms with Crippen LogP contribution in [0.1, 0.15) is 23.6 Å². The van der Waals surface area contributed by atoms with Crippen molar-refractivity contribution < 1.29 is 9.90 Å². The number of rotatable bonds is 8. The Morgan fingerprint density at radius 1 is 0.829 bits per heavy atom. The number of carboxylic acid groups (broad SMARTS) is 1. The molecule has 1 fully saturated rings. The minimum atomic E-state index is -1.09. The van der Waals surface area contributed by atoms with Crippen molar-refractivity contribution >= 4 is 23.1 Å². The van der Waals surface area contributed by atoms with Crippen molar-refractivity contribution in [1.29, 1.82) is 0 Å². The van der Waals surface area contributed by atoms with Crippen molar-refractivity contribution in [3.05, 3.63) is 96.1 Å². The van der Waals surface area contributed by atoms with Gasteiger partial charge in [-0.3, -0.25) is 10.2 Å². The predicted molar refractivity (Wildman–Crippen MR) is 139 cm³/mol. The number of para-hydroxylation sites is 2. The van der Waals surface area contributed by atoms with Gasteiger partial charge in [0.2, 0.25) is 5.95 Å². The van der Waals surface area contributed by atoms with E-state index >= 15 is 0 Å². The molecule has 1 saturated heterocycles. The van der Waals surface area contributed by atoms with Crippen LogP contribution in [0.3, 0.4) is 0 Å². The summed E-state index contributed by atoms with van der Waals surface area (Å²) in [6.07, 6.45) is -0.167. The second-order valence-electron chi connectivity index (χ2n) is 8.96. The van der Waals surface area contributed by atoms with E-state index in [9.17, 15) is 9.90 Å². The van der Waals surface area contributed by atoms with Gasteiger partial charge in [-0.25, -0.2) is 9.78 Å². The number of aryl methyl sites for hydroxylation is 1. The standard InChI is InChI=1S/C28H31N5O2/c34-28(35)30-27-29-24-14-7-8-15-25(24)33(27)17-9-16-31-18-20-32(21-19-31)26(22-10-3-1-4-11-22)23-12-5-2-6-13-23/h1-8,10-15,26H,9,16-21H2,(H,29,30)(H,34,35). The topological polar surface area (TPSA) is 73.6 Å². The molecule has 3 aromatic carbocycles. The van der Waals surface area contributed by atoms with E-state index in [2.05, 4.69) is 80.8 Å². The van der Waals surface area contributed by atoms with Crippen LogP contribution < -0.4 is 5.32 Å². The van der Waals surface area contributed by atoms with Gasteiger partial charge in [0.1, 0.15) is 0 Å². The Morgan fingerprint density at radius 3 is 2.06 bits per heavy atom. The third-order valence-corrected chi connectivity index (χ3v) is 6.73. The molecular formula is C28H31N5O2. The summed E-state index contributed by atoms with van der Waals surface area (Å²) in [5.41, 5.74) is 4.42.